The molecule has 0 bridgehead atoms. The molecule has 0 aliphatic carbocycles. The van der Waals surface area contributed by atoms with Crippen LogP contribution in [0.2, 0.25) is 0 Å². The summed E-state index contributed by atoms with van der Waals surface area (Å²) in [5.74, 6) is -0.895. The zero-order valence-electron chi connectivity index (χ0n) is 43.0. The Morgan fingerprint density at radius 1 is 0.323 bits per heavy atom. The molecule has 0 heterocycles. The Kier molecular flexibility index (Phi) is 51.3. The highest BCUT2D eigenvalue weighted by Gasteiger charge is 2.19. The second-order valence-electron chi connectivity index (χ2n) is 18.6. The van der Waals surface area contributed by atoms with Gasteiger partial charge in [-0.05, 0) is 64.2 Å². The van der Waals surface area contributed by atoms with Gasteiger partial charge in [0.1, 0.15) is 13.2 Å². The van der Waals surface area contributed by atoms with Crippen molar-refractivity contribution in [2.45, 2.75) is 284 Å². The van der Waals surface area contributed by atoms with E-state index in [-0.39, 0.29) is 31.1 Å². The largest absolute Gasteiger partial charge is 0.462 e. The van der Waals surface area contributed by atoms with E-state index >= 15 is 0 Å². The van der Waals surface area contributed by atoms with Crippen LogP contribution in [-0.2, 0) is 28.6 Å². The Bertz CT molecular complexity index is 1180. The summed E-state index contributed by atoms with van der Waals surface area (Å²) < 4.78 is 16.8. The van der Waals surface area contributed by atoms with Crippen molar-refractivity contribution in [3.63, 3.8) is 0 Å². The molecule has 1 atom stereocenters. The molecule has 6 heteroatoms. The minimum Gasteiger partial charge on any atom is -0.462 e. The summed E-state index contributed by atoms with van der Waals surface area (Å²) in [6.45, 7) is 6.49. The van der Waals surface area contributed by atoms with E-state index in [2.05, 4.69) is 81.5 Å². The zero-order valence-corrected chi connectivity index (χ0v) is 43.0. The molecular formula is C59H104O6. The molecule has 0 N–H and O–H groups in total. The lowest BCUT2D eigenvalue weighted by atomic mass is 10.0. The predicted octanol–water partition coefficient (Wildman–Crippen LogP) is 18.4. The summed E-state index contributed by atoms with van der Waals surface area (Å²) in [4.78, 5) is 38.1. The molecule has 0 aromatic heterocycles. The van der Waals surface area contributed by atoms with E-state index in [1.54, 1.807) is 0 Å². The van der Waals surface area contributed by atoms with Crippen LogP contribution in [0, 0.1) is 0 Å². The summed E-state index contributed by atoms with van der Waals surface area (Å²) in [6, 6.07) is 0. The summed E-state index contributed by atoms with van der Waals surface area (Å²) in [7, 11) is 0. The van der Waals surface area contributed by atoms with E-state index in [0.717, 1.165) is 77.0 Å². The van der Waals surface area contributed by atoms with Gasteiger partial charge in [0.05, 0.1) is 0 Å². The van der Waals surface area contributed by atoms with E-state index in [9.17, 15) is 14.4 Å². The van der Waals surface area contributed by atoms with E-state index in [1.807, 2.05) is 0 Å². The molecule has 0 spiro atoms. The highest BCUT2D eigenvalue weighted by atomic mass is 16.6. The molecule has 0 aliphatic heterocycles. The van der Waals surface area contributed by atoms with Crippen LogP contribution in [0.1, 0.15) is 278 Å². The van der Waals surface area contributed by atoms with E-state index < -0.39 is 6.10 Å². The average Bonchev–Trinajstić information content (AvgIpc) is 3.30. The van der Waals surface area contributed by atoms with Crippen molar-refractivity contribution < 1.29 is 28.6 Å². The van der Waals surface area contributed by atoms with Crippen molar-refractivity contribution in [1.29, 1.82) is 0 Å². The standard InChI is InChI=1S/C59H104O6/c1-4-7-10-13-16-19-22-25-28-29-32-34-37-40-43-46-49-52-58(61)64-55-56(65-59(62)53-50-47-44-41-38-35-31-27-24-21-18-15-12-9-6-3)54-63-57(60)51-48-45-42-39-36-33-30-26-23-20-17-14-11-8-5-2/h9,12,15,17-18,20-21,23-24,26,56H,4-8,10-11,13-14,16,19,22,25,27-55H2,1-3H3/b12-9-,18-15-,20-17-,24-21-,26-23-. The van der Waals surface area contributed by atoms with Gasteiger partial charge in [-0.1, -0.05) is 255 Å². The first-order valence-electron chi connectivity index (χ1n) is 27.8. The Labute approximate surface area is 402 Å². The fourth-order valence-corrected chi connectivity index (χ4v) is 7.90. The van der Waals surface area contributed by atoms with Crippen molar-refractivity contribution in [1.82, 2.24) is 0 Å². The van der Waals surface area contributed by atoms with Crippen molar-refractivity contribution >= 4 is 17.9 Å². The molecule has 0 fully saturated rings. The summed E-state index contributed by atoms with van der Waals surface area (Å²) in [5, 5.41) is 0. The fraction of sp³-hybridized carbons (Fsp3) is 0.780. The molecule has 6 nitrogen and oxygen atoms in total. The average molecular weight is 909 g/mol. The van der Waals surface area contributed by atoms with Crippen LogP contribution < -0.4 is 0 Å². The number of ether oxygens (including phenoxy) is 3. The lowest BCUT2D eigenvalue weighted by Gasteiger charge is -2.18. The van der Waals surface area contributed by atoms with Crippen LogP contribution >= 0.6 is 0 Å². The lowest BCUT2D eigenvalue weighted by molar-refractivity contribution is -0.167. The number of carbonyl (C=O) groups excluding carboxylic acids is 3. The van der Waals surface area contributed by atoms with Gasteiger partial charge in [-0.2, -0.15) is 0 Å². The van der Waals surface area contributed by atoms with Crippen molar-refractivity contribution in [3.05, 3.63) is 60.8 Å². The van der Waals surface area contributed by atoms with E-state index in [0.29, 0.717) is 19.3 Å². The Morgan fingerprint density at radius 3 is 0.969 bits per heavy atom. The van der Waals surface area contributed by atoms with Gasteiger partial charge in [-0.15, -0.1) is 0 Å². The molecular weight excluding hydrogens is 805 g/mol. The second-order valence-corrected chi connectivity index (χ2v) is 18.6. The van der Waals surface area contributed by atoms with Gasteiger partial charge < -0.3 is 14.2 Å². The van der Waals surface area contributed by atoms with Gasteiger partial charge in [0.15, 0.2) is 6.10 Å². The number of allylic oxidation sites excluding steroid dienone is 10. The van der Waals surface area contributed by atoms with Gasteiger partial charge >= 0.3 is 17.9 Å². The molecule has 0 aromatic carbocycles. The lowest BCUT2D eigenvalue weighted by Crippen LogP contribution is -2.30. The maximum Gasteiger partial charge on any atom is 0.306 e. The summed E-state index contributed by atoms with van der Waals surface area (Å²) in [6.07, 6.45) is 66.3. The van der Waals surface area contributed by atoms with Crippen LogP contribution in [0.15, 0.2) is 60.8 Å². The molecule has 0 saturated carbocycles. The minimum absolute atomic E-state index is 0.0807. The highest BCUT2D eigenvalue weighted by Crippen LogP contribution is 2.16. The number of esters is 3. The summed E-state index contributed by atoms with van der Waals surface area (Å²) >= 11 is 0. The van der Waals surface area contributed by atoms with E-state index in [1.165, 1.54) is 161 Å². The maximum absolute atomic E-state index is 12.8. The highest BCUT2D eigenvalue weighted by molar-refractivity contribution is 5.71. The number of unbranched alkanes of at least 4 members (excludes halogenated alkanes) is 32. The quantitative estimate of drug-likeness (QED) is 0.0262. The molecule has 376 valence electrons. The van der Waals surface area contributed by atoms with Crippen LogP contribution in [-0.4, -0.2) is 37.2 Å². The molecule has 1 unspecified atom stereocenters. The Balaban J connectivity index is 4.38. The van der Waals surface area contributed by atoms with Crippen molar-refractivity contribution in [2.24, 2.45) is 0 Å². The number of carbonyl (C=O) groups is 3. The Hall–Kier alpha value is -2.89. The number of hydrogen-bond donors (Lipinski definition) is 0. The molecule has 0 amide bonds. The van der Waals surface area contributed by atoms with Gasteiger partial charge in [0.25, 0.3) is 0 Å². The van der Waals surface area contributed by atoms with Crippen LogP contribution in [0.5, 0.6) is 0 Å². The van der Waals surface area contributed by atoms with E-state index in [4.69, 9.17) is 14.2 Å². The third-order valence-corrected chi connectivity index (χ3v) is 12.1. The zero-order chi connectivity index (χ0) is 47.2. The topological polar surface area (TPSA) is 78.9 Å². The third kappa shape index (κ3) is 51.9. The smallest absolute Gasteiger partial charge is 0.306 e. The normalized spacial score (nSPS) is 12.5. The molecule has 0 aromatic rings. The van der Waals surface area contributed by atoms with Gasteiger partial charge in [0, 0.05) is 19.3 Å². The maximum atomic E-state index is 12.8. The Morgan fingerprint density at radius 2 is 0.600 bits per heavy atom. The molecule has 0 radical (unpaired) electrons. The minimum atomic E-state index is -0.783. The van der Waals surface area contributed by atoms with Gasteiger partial charge in [0.2, 0.25) is 0 Å². The van der Waals surface area contributed by atoms with Crippen molar-refractivity contribution in [2.75, 3.05) is 13.2 Å². The molecule has 0 aliphatic rings. The van der Waals surface area contributed by atoms with Crippen LogP contribution in [0.4, 0.5) is 0 Å². The van der Waals surface area contributed by atoms with Crippen LogP contribution in [0.3, 0.4) is 0 Å². The van der Waals surface area contributed by atoms with Gasteiger partial charge in [-0.3, -0.25) is 14.4 Å². The second kappa shape index (κ2) is 53.7. The SMILES string of the molecule is CC\C=C/C=C\C=C/CCCCCCCCCC(=O)OC(COC(=O)CCCCCCCC/C=C\C=C/CCCCC)COC(=O)CCCCCCCCCCCCCCCCCCC. The third-order valence-electron chi connectivity index (χ3n) is 12.1. The van der Waals surface area contributed by atoms with Crippen LogP contribution in [0.25, 0.3) is 0 Å². The van der Waals surface area contributed by atoms with Gasteiger partial charge in [-0.25, -0.2) is 0 Å². The van der Waals surface area contributed by atoms with Crippen molar-refractivity contribution in [3.8, 4) is 0 Å². The fourth-order valence-electron chi connectivity index (χ4n) is 7.90. The predicted molar refractivity (Wildman–Crippen MR) is 279 cm³/mol. The number of hydrogen-bond acceptors (Lipinski definition) is 6. The first-order valence-corrected chi connectivity index (χ1v) is 27.8. The monoisotopic (exact) mass is 909 g/mol. The first kappa shape index (κ1) is 62.1. The molecule has 65 heavy (non-hydrogen) atoms. The summed E-state index contributed by atoms with van der Waals surface area (Å²) in [5.41, 5.74) is 0. The first-order chi connectivity index (χ1) is 32.0. The number of rotatable bonds is 50. The molecule has 0 rings (SSSR count). The molecule has 0 saturated heterocycles.